The van der Waals surface area contributed by atoms with E-state index in [2.05, 4.69) is 19.2 Å². The monoisotopic (exact) mass is 267 g/mol. The smallest absolute Gasteiger partial charge is 0.169 e. The van der Waals surface area contributed by atoms with Crippen LogP contribution < -0.4 is 5.32 Å². The summed E-state index contributed by atoms with van der Waals surface area (Å²) in [6.07, 6.45) is 0. The summed E-state index contributed by atoms with van der Waals surface area (Å²) in [7, 11) is 0. The molecule has 0 aliphatic rings. The number of hydrogen-bond donors (Lipinski definition) is 1. The lowest BCUT2D eigenvalue weighted by Gasteiger charge is -2.14. The quantitative estimate of drug-likeness (QED) is 0.857. The van der Waals surface area contributed by atoms with Crippen LogP contribution in [-0.2, 0) is 0 Å². The van der Waals surface area contributed by atoms with E-state index in [9.17, 15) is 4.39 Å². The van der Waals surface area contributed by atoms with Crippen molar-refractivity contribution in [3.8, 4) is 0 Å². The van der Waals surface area contributed by atoms with Crippen molar-refractivity contribution in [1.82, 2.24) is 5.32 Å². The van der Waals surface area contributed by atoms with E-state index in [4.69, 9.17) is 4.42 Å². The van der Waals surface area contributed by atoms with Gasteiger partial charge in [0.25, 0.3) is 0 Å². The van der Waals surface area contributed by atoms with E-state index in [1.54, 1.807) is 6.07 Å². The normalized spacial score (nSPS) is 13.1. The van der Waals surface area contributed by atoms with Gasteiger partial charge in [-0.1, -0.05) is 26.0 Å². The zero-order valence-electron chi connectivity index (χ0n) is 10.7. The van der Waals surface area contributed by atoms with Gasteiger partial charge in [-0.05, 0) is 24.4 Å². The Morgan fingerprint density at radius 3 is 2.89 bits per heavy atom. The Labute approximate surface area is 111 Å². The number of furan rings is 1. The Balaban J connectivity index is 2.29. The van der Waals surface area contributed by atoms with Crippen LogP contribution in [0.25, 0.3) is 11.0 Å². The van der Waals surface area contributed by atoms with E-state index in [0.29, 0.717) is 5.58 Å². The summed E-state index contributed by atoms with van der Waals surface area (Å²) in [6.45, 7) is 5.06. The third kappa shape index (κ3) is 2.87. The fourth-order valence-electron chi connectivity index (χ4n) is 1.94. The molecule has 2 nitrogen and oxygen atoms in total. The highest BCUT2D eigenvalue weighted by Crippen LogP contribution is 2.27. The molecule has 18 heavy (non-hydrogen) atoms. The average Bonchev–Trinajstić information content (AvgIpc) is 2.80. The largest absolute Gasteiger partial charge is 0.456 e. The third-order valence-corrected chi connectivity index (χ3v) is 3.78. The van der Waals surface area contributed by atoms with Crippen molar-refractivity contribution in [3.05, 3.63) is 35.8 Å². The molecule has 2 aromatic rings. The predicted octanol–water partition coefficient (Wildman–Crippen LogP) is 3.98. The van der Waals surface area contributed by atoms with Gasteiger partial charge in [0.1, 0.15) is 5.76 Å². The van der Waals surface area contributed by atoms with Crippen LogP contribution in [0.1, 0.15) is 25.6 Å². The van der Waals surface area contributed by atoms with Crippen molar-refractivity contribution in [2.24, 2.45) is 0 Å². The average molecular weight is 267 g/mol. The number of rotatable bonds is 6. The first-order valence-corrected chi connectivity index (χ1v) is 7.40. The predicted molar refractivity (Wildman–Crippen MR) is 75.6 cm³/mol. The topological polar surface area (TPSA) is 25.2 Å². The van der Waals surface area contributed by atoms with Crippen molar-refractivity contribution in [2.75, 3.05) is 18.1 Å². The molecule has 0 saturated heterocycles. The highest BCUT2D eigenvalue weighted by Gasteiger charge is 2.16. The second-order valence-electron chi connectivity index (χ2n) is 4.08. The van der Waals surface area contributed by atoms with Crippen LogP contribution in [0.3, 0.4) is 0 Å². The summed E-state index contributed by atoms with van der Waals surface area (Å²) in [4.78, 5) is 0. The number of benzene rings is 1. The summed E-state index contributed by atoms with van der Waals surface area (Å²) in [5.41, 5.74) is 0.358. The second-order valence-corrected chi connectivity index (χ2v) is 5.40. The van der Waals surface area contributed by atoms with Gasteiger partial charge < -0.3 is 9.73 Å². The maximum atomic E-state index is 13.6. The summed E-state index contributed by atoms with van der Waals surface area (Å²) in [5, 5.41) is 4.21. The van der Waals surface area contributed by atoms with Crippen molar-refractivity contribution in [3.63, 3.8) is 0 Å². The lowest BCUT2D eigenvalue weighted by atomic mass is 10.2. The van der Waals surface area contributed by atoms with Crippen LogP contribution in [0, 0.1) is 5.82 Å². The van der Waals surface area contributed by atoms with Crippen molar-refractivity contribution >= 4 is 22.7 Å². The van der Waals surface area contributed by atoms with Gasteiger partial charge in [0, 0.05) is 11.1 Å². The van der Waals surface area contributed by atoms with Gasteiger partial charge in [-0.2, -0.15) is 11.8 Å². The standard InChI is InChI=1S/C14H18FNOS/c1-3-16-12(9-18-4-2)13-8-10-6-5-7-11(15)14(10)17-13/h5-8,12,16H,3-4,9H2,1-2H3. The molecule has 0 fully saturated rings. The lowest BCUT2D eigenvalue weighted by Crippen LogP contribution is -2.22. The number of fused-ring (bicyclic) bond motifs is 1. The maximum Gasteiger partial charge on any atom is 0.169 e. The van der Waals surface area contributed by atoms with E-state index >= 15 is 0 Å². The minimum absolute atomic E-state index is 0.145. The van der Waals surface area contributed by atoms with Crippen LogP contribution in [-0.4, -0.2) is 18.1 Å². The fourth-order valence-corrected chi connectivity index (χ4v) is 2.70. The molecule has 2 rings (SSSR count). The van der Waals surface area contributed by atoms with E-state index in [0.717, 1.165) is 29.2 Å². The Morgan fingerprint density at radius 1 is 1.39 bits per heavy atom. The molecule has 1 unspecified atom stereocenters. The number of hydrogen-bond acceptors (Lipinski definition) is 3. The summed E-state index contributed by atoms with van der Waals surface area (Å²) in [5.74, 6) is 2.53. The van der Waals surface area contributed by atoms with Gasteiger partial charge in [-0.25, -0.2) is 4.39 Å². The van der Waals surface area contributed by atoms with Gasteiger partial charge in [0.15, 0.2) is 11.4 Å². The molecular weight excluding hydrogens is 249 g/mol. The molecule has 1 aromatic heterocycles. The van der Waals surface area contributed by atoms with Gasteiger partial charge in [0.05, 0.1) is 6.04 Å². The molecule has 0 aliphatic heterocycles. The molecule has 0 radical (unpaired) electrons. The minimum atomic E-state index is -0.294. The van der Waals surface area contributed by atoms with Gasteiger partial charge in [-0.3, -0.25) is 0 Å². The first-order chi connectivity index (χ1) is 8.76. The molecule has 4 heteroatoms. The number of thioether (sulfide) groups is 1. The van der Waals surface area contributed by atoms with Crippen molar-refractivity contribution in [2.45, 2.75) is 19.9 Å². The van der Waals surface area contributed by atoms with Crippen molar-refractivity contribution in [1.29, 1.82) is 0 Å². The Hall–Kier alpha value is -1.00. The Bertz CT molecular complexity index is 511. The van der Waals surface area contributed by atoms with Crippen LogP contribution in [0.15, 0.2) is 28.7 Å². The molecule has 0 bridgehead atoms. The van der Waals surface area contributed by atoms with Gasteiger partial charge in [0.2, 0.25) is 0 Å². The SMILES string of the molecule is CCNC(CSCC)c1cc2cccc(F)c2o1. The summed E-state index contributed by atoms with van der Waals surface area (Å²) < 4.78 is 19.2. The van der Waals surface area contributed by atoms with E-state index in [1.807, 2.05) is 23.9 Å². The highest BCUT2D eigenvalue weighted by atomic mass is 32.2. The van der Waals surface area contributed by atoms with Gasteiger partial charge >= 0.3 is 0 Å². The molecule has 1 heterocycles. The number of halogens is 1. The number of nitrogens with one attached hydrogen (secondary N) is 1. The van der Waals surface area contributed by atoms with Gasteiger partial charge in [-0.15, -0.1) is 0 Å². The molecule has 0 amide bonds. The maximum absolute atomic E-state index is 13.6. The molecule has 1 N–H and O–H groups in total. The Kier molecular flexibility index (Phi) is 4.66. The molecule has 0 saturated carbocycles. The fraction of sp³-hybridized carbons (Fsp3) is 0.429. The molecular formula is C14H18FNOS. The van der Waals surface area contributed by atoms with E-state index in [-0.39, 0.29) is 11.9 Å². The third-order valence-electron chi connectivity index (χ3n) is 2.80. The molecule has 98 valence electrons. The second kappa shape index (κ2) is 6.25. The van der Waals surface area contributed by atoms with E-state index < -0.39 is 0 Å². The summed E-state index contributed by atoms with van der Waals surface area (Å²) >= 11 is 1.85. The molecule has 1 aromatic carbocycles. The minimum Gasteiger partial charge on any atom is -0.456 e. The molecule has 1 atom stereocenters. The number of para-hydroxylation sites is 1. The highest BCUT2D eigenvalue weighted by molar-refractivity contribution is 7.99. The lowest BCUT2D eigenvalue weighted by molar-refractivity contribution is 0.453. The zero-order valence-corrected chi connectivity index (χ0v) is 11.5. The molecule has 0 spiro atoms. The van der Waals surface area contributed by atoms with Crippen molar-refractivity contribution < 1.29 is 8.81 Å². The zero-order chi connectivity index (χ0) is 13.0. The molecule has 0 aliphatic carbocycles. The van der Waals surface area contributed by atoms with E-state index in [1.165, 1.54) is 6.07 Å². The van der Waals surface area contributed by atoms with Crippen LogP contribution in [0.5, 0.6) is 0 Å². The van der Waals surface area contributed by atoms with Crippen LogP contribution in [0.4, 0.5) is 4.39 Å². The van der Waals surface area contributed by atoms with Crippen LogP contribution in [0.2, 0.25) is 0 Å². The Morgan fingerprint density at radius 2 is 2.22 bits per heavy atom. The summed E-state index contributed by atoms with van der Waals surface area (Å²) in [6, 6.07) is 7.09. The van der Waals surface area contributed by atoms with Crippen LogP contribution >= 0.6 is 11.8 Å². The first-order valence-electron chi connectivity index (χ1n) is 6.25. The first kappa shape index (κ1) is 13.4.